The Bertz CT molecular complexity index is 811. The van der Waals surface area contributed by atoms with Crippen molar-refractivity contribution < 1.29 is 0 Å². The number of aromatic nitrogens is 3. The van der Waals surface area contributed by atoms with Gasteiger partial charge in [0.1, 0.15) is 5.82 Å². The van der Waals surface area contributed by atoms with Gasteiger partial charge in [-0.3, -0.25) is 4.98 Å². The summed E-state index contributed by atoms with van der Waals surface area (Å²) in [5, 5.41) is 0.994. The van der Waals surface area contributed by atoms with Gasteiger partial charge in [0.05, 0.1) is 39.2 Å². The van der Waals surface area contributed by atoms with Gasteiger partial charge in [0.15, 0.2) is 0 Å². The number of pyridine rings is 1. The van der Waals surface area contributed by atoms with Crippen LogP contribution in [0.3, 0.4) is 0 Å². The molecule has 3 rings (SSSR count). The van der Waals surface area contributed by atoms with Crippen LogP contribution in [0.2, 0.25) is 10.0 Å². The first kappa shape index (κ1) is 14.6. The van der Waals surface area contributed by atoms with Gasteiger partial charge in [-0.1, -0.05) is 29.3 Å². The van der Waals surface area contributed by atoms with E-state index in [2.05, 4.69) is 9.97 Å². The molecule has 3 aromatic rings. The van der Waals surface area contributed by atoms with Gasteiger partial charge in [0, 0.05) is 6.20 Å². The summed E-state index contributed by atoms with van der Waals surface area (Å²) in [6, 6.07) is 7.53. The highest BCUT2D eigenvalue weighted by Gasteiger charge is 2.14. The van der Waals surface area contributed by atoms with E-state index in [0.717, 1.165) is 28.1 Å². The Morgan fingerprint density at radius 3 is 2.67 bits per heavy atom. The lowest BCUT2D eigenvalue weighted by molar-refractivity contribution is 0.753. The smallest absolute Gasteiger partial charge is 0.125 e. The molecule has 2 heterocycles. The largest absolute Gasteiger partial charge is 0.321 e. The van der Waals surface area contributed by atoms with E-state index in [1.807, 2.05) is 29.7 Å². The van der Waals surface area contributed by atoms with Crippen LogP contribution in [0.4, 0.5) is 0 Å². The molecular weight excluding hydrogens is 329 g/mol. The monoisotopic (exact) mass is 339 g/mol. The van der Waals surface area contributed by atoms with E-state index in [0.29, 0.717) is 22.5 Å². The molecule has 0 aliphatic rings. The Balaban J connectivity index is 2.16. The number of hydrogen-bond acceptors (Lipinski definition) is 2. The molecule has 0 N–H and O–H groups in total. The van der Waals surface area contributed by atoms with E-state index in [1.54, 1.807) is 12.3 Å². The van der Waals surface area contributed by atoms with Crippen LogP contribution in [0, 0.1) is 6.92 Å². The zero-order chi connectivity index (χ0) is 15.0. The second kappa shape index (κ2) is 5.84. The fourth-order valence-electron chi connectivity index (χ4n) is 2.28. The number of halogens is 3. The highest BCUT2D eigenvalue weighted by Crippen LogP contribution is 2.29. The molecule has 1 aromatic carbocycles. The minimum Gasteiger partial charge on any atom is -0.321 e. The normalized spacial score (nSPS) is 11.2. The molecule has 0 amide bonds. The van der Waals surface area contributed by atoms with E-state index in [9.17, 15) is 0 Å². The molecule has 0 unspecified atom stereocenters. The topological polar surface area (TPSA) is 30.7 Å². The molecule has 21 heavy (non-hydrogen) atoms. The van der Waals surface area contributed by atoms with E-state index in [4.69, 9.17) is 34.8 Å². The molecule has 0 spiro atoms. The van der Waals surface area contributed by atoms with E-state index in [-0.39, 0.29) is 0 Å². The quantitative estimate of drug-likeness (QED) is 0.639. The third-order valence-corrected chi connectivity index (χ3v) is 4.38. The standard InChI is InChI=1S/C15H12Cl3N3/c1-9-3-2-4-19-13(9)8-21-14-6-11(18)10(17)5-12(14)20-15(21)7-16/h2-6H,7-8H2,1H3. The van der Waals surface area contributed by atoms with Gasteiger partial charge in [0.2, 0.25) is 0 Å². The average molecular weight is 341 g/mol. The van der Waals surface area contributed by atoms with Gasteiger partial charge in [0.25, 0.3) is 0 Å². The molecule has 0 saturated carbocycles. The number of benzene rings is 1. The zero-order valence-electron chi connectivity index (χ0n) is 11.3. The zero-order valence-corrected chi connectivity index (χ0v) is 13.5. The van der Waals surface area contributed by atoms with Gasteiger partial charge in [-0.25, -0.2) is 4.98 Å². The maximum absolute atomic E-state index is 6.12. The van der Waals surface area contributed by atoms with Crippen molar-refractivity contribution in [2.45, 2.75) is 19.3 Å². The van der Waals surface area contributed by atoms with Crippen molar-refractivity contribution in [2.75, 3.05) is 0 Å². The number of imidazole rings is 1. The summed E-state index contributed by atoms with van der Waals surface area (Å²) in [5.41, 5.74) is 3.80. The fraction of sp³-hybridized carbons (Fsp3) is 0.200. The second-order valence-corrected chi connectivity index (χ2v) is 5.85. The van der Waals surface area contributed by atoms with Gasteiger partial charge < -0.3 is 4.57 Å². The molecule has 0 radical (unpaired) electrons. The highest BCUT2D eigenvalue weighted by atomic mass is 35.5. The minimum atomic E-state index is 0.315. The Hall–Kier alpha value is -1.29. The highest BCUT2D eigenvalue weighted by molar-refractivity contribution is 6.42. The molecule has 0 saturated heterocycles. The number of rotatable bonds is 3. The van der Waals surface area contributed by atoms with Crippen LogP contribution in [0.25, 0.3) is 11.0 Å². The molecule has 0 atom stereocenters. The lowest BCUT2D eigenvalue weighted by atomic mass is 10.2. The van der Waals surface area contributed by atoms with Gasteiger partial charge in [-0.2, -0.15) is 0 Å². The Morgan fingerprint density at radius 2 is 1.95 bits per heavy atom. The summed E-state index contributed by atoms with van der Waals surface area (Å²) in [6.45, 7) is 2.63. The lowest BCUT2D eigenvalue weighted by Gasteiger charge is -2.09. The predicted octanol–water partition coefficient (Wildman–Crippen LogP) is 4.83. The van der Waals surface area contributed by atoms with Crippen molar-refractivity contribution in [3.8, 4) is 0 Å². The van der Waals surface area contributed by atoms with Crippen LogP contribution < -0.4 is 0 Å². The van der Waals surface area contributed by atoms with Crippen LogP contribution in [-0.2, 0) is 12.4 Å². The number of alkyl halides is 1. The first-order chi connectivity index (χ1) is 10.1. The summed E-state index contributed by atoms with van der Waals surface area (Å²) in [7, 11) is 0. The Morgan fingerprint density at radius 1 is 1.19 bits per heavy atom. The van der Waals surface area contributed by atoms with Crippen molar-refractivity contribution >= 4 is 45.8 Å². The van der Waals surface area contributed by atoms with Crippen molar-refractivity contribution in [1.29, 1.82) is 0 Å². The lowest BCUT2D eigenvalue weighted by Crippen LogP contribution is -2.06. The van der Waals surface area contributed by atoms with Crippen LogP contribution in [0.1, 0.15) is 17.1 Å². The van der Waals surface area contributed by atoms with Crippen molar-refractivity contribution in [3.63, 3.8) is 0 Å². The second-order valence-electron chi connectivity index (χ2n) is 4.77. The number of nitrogens with zero attached hydrogens (tertiary/aromatic N) is 3. The third kappa shape index (κ3) is 2.73. The first-order valence-electron chi connectivity index (χ1n) is 6.40. The van der Waals surface area contributed by atoms with E-state index < -0.39 is 0 Å². The van der Waals surface area contributed by atoms with Crippen LogP contribution in [-0.4, -0.2) is 14.5 Å². The van der Waals surface area contributed by atoms with Gasteiger partial charge in [-0.15, -0.1) is 11.6 Å². The van der Waals surface area contributed by atoms with Gasteiger partial charge >= 0.3 is 0 Å². The number of hydrogen-bond donors (Lipinski definition) is 0. The molecule has 6 heteroatoms. The average Bonchev–Trinajstić information content (AvgIpc) is 2.79. The molecule has 0 aliphatic heterocycles. The SMILES string of the molecule is Cc1cccnc1Cn1c(CCl)nc2cc(Cl)c(Cl)cc21. The van der Waals surface area contributed by atoms with Crippen LogP contribution in [0.15, 0.2) is 30.5 Å². The molecule has 2 aromatic heterocycles. The van der Waals surface area contributed by atoms with Gasteiger partial charge in [-0.05, 0) is 30.7 Å². The molecule has 3 nitrogen and oxygen atoms in total. The molecule has 108 valence electrons. The summed E-state index contributed by atoms with van der Waals surface area (Å²) >= 11 is 18.2. The minimum absolute atomic E-state index is 0.315. The fourth-order valence-corrected chi connectivity index (χ4v) is 2.80. The molecular formula is C15H12Cl3N3. The summed E-state index contributed by atoms with van der Waals surface area (Å²) < 4.78 is 2.03. The Labute approximate surface area is 137 Å². The van der Waals surface area contributed by atoms with E-state index in [1.165, 1.54) is 0 Å². The third-order valence-electron chi connectivity index (χ3n) is 3.41. The van der Waals surface area contributed by atoms with Crippen molar-refractivity contribution in [3.05, 3.63) is 57.6 Å². The van der Waals surface area contributed by atoms with Crippen LogP contribution in [0.5, 0.6) is 0 Å². The molecule has 0 fully saturated rings. The summed E-state index contributed by atoms with van der Waals surface area (Å²) in [4.78, 5) is 8.94. The first-order valence-corrected chi connectivity index (χ1v) is 7.70. The van der Waals surface area contributed by atoms with Crippen molar-refractivity contribution in [1.82, 2.24) is 14.5 Å². The summed E-state index contributed by atoms with van der Waals surface area (Å²) in [5.74, 6) is 1.09. The molecule has 0 bridgehead atoms. The Kier molecular flexibility index (Phi) is 4.07. The van der Waals surface area contributed by atoms with Crippen LogP contribution >= 0.6 is 34.8 Å². The predicted molar refractivity (Wildman–Crippen MR) is 87.4 cm³/mol. The maximum Gasteiger partial charge on any atom is 0.125 e. The number of aryl methyl sites for hydroxylation is 1. The van der Waals surface area contributed by atoms with Crippen molar-refractivity contribution in [2.24, 2.45) is 0 Å². The summed E-state index contributed by atoms with van der Waals surface area (Å²) in [6.07, 6.45) is 1.78. The maximum atomic E-state index is 6.12. The molecule has 0 aliphatic carbocycles. The van der Waals surface area contributed by atoms with E-state index >= 15 is 0 Å². The number of fused-ring (bicyclic) bond motifs is 1.